The third-order valence-corrected chi connectivity index (χ3v) is 3.61. The van der Waals surface area contributed by atoms with Crippen molar-refractivity contribution in [3.8, 4) is 0 Å². The molecule has 1 aromatic rings. The van der Waals surface area contributed by atoms with Crippen molar-refractivity contribution in [2.24, 2.45) is 5.92 Å². The summed E-state index contributed by atoms with van der Waals surface area (Å²) in [5.74, 6) is -1.36. The first kappa shape index (κ1) is 18.5. The molecule has 1 N–H and O–H groups in total. The smallest absolute Gasteiger partial charge is 0.318 e. The van der Waals surface area contributed by atoms with Crippen LogP contribution in [0, 0.1) is 5.92 Å². The van der Waals surface area contributed by atoms with Gasteiger partial charge in [0.25, 0.3) is 0 Å². The Kier molecular flexibility index (Phi) is 6.41. The highest BCUT2D eigenvalue weighted by atomic mass is 19.4. The molecule has 0 saturated carbocycles. The molecule has 1 rings (SSSR count). The minimum absolute atomic E-state index is 0.176. The van der Waals surface area contributed by atoms with E-state index in [2.05, 4.69) is 18.7 Å². The van der Waals surface area contributed by atoms with Gasteiger partial charge in [-0.1, -0.05) is 26.0 Å². The Bertz CT molecular complexity index is 500. The summed E-state index contributed by atoms with van der Waals surface area (Å²) in [5.41, 5.74) is 1.12. The van der Waals surface area contributed by atoms with Crippen LogP contribution in [0.4, 0.5) is 18.9 Å². The molecule has 1 amide bonds. The molecule has 6 heteroatoms. The third kappa shape index (κ3) is 5.33. The minimum Gasteiger partial charge on any atom is -0.318 e. The largest absolute Gasteiger partial charge is 0.471 e. The van der Waals surface area contributed by atoms with Gasteiger partial charge in [0.15, 0.2) is 0 Å². The molecule has 0 heterocycles. The molecule has 1 unspecified atom stereocenters. The molecule has 1 aromatic carbocycles. The highest BCUT2D eigenvalue weighted by Gasteiger charge is 2.38. The van der Waals surface area contributed by atoms with Crippen LogP contribution in [0.15, 0.2) is 24.3 Å². The number of amides is 1. The lowest BCUT2D eigenvalue weighted by Gasteiger charge is -2.26. The third-order valence-electron chi connectivity index (χ3n) is 3.61. The molecule has 0 fully saturated rings. The summed E-state index contributed by atoms with van der Waals surface area (Å²) in [4.78, 5) is 13.1. The first-order chi connectivity index (χ1) is 10.1. The average Bonchev–Trinajstić information content (AvgIpc) is 2.38. The molecule has 0 bridgehead atoms. The Morgan fingerprint density at radius 2 is 1.95 bits per heavy atom. The molecular formula is C16H23F3N2O. The maximum absolute atomic E-state index is 12.3. The normalized spacial score (nSPS) is 14.7. The molecular weight excluding hydrogens is 293 g/mol. The van der Waals surface area contributed by atoms with E-state index in [1.165, 1.54) is 6.07 Å². The van der Waals surface area contributed by atoms with E-state index >= 15 is 0 Å². The van der Waals surface area contributed by atoms with Gasteiger partial charge < -0.3 is 10.2 Å². The van der Waals surface area contributed by atoms with Crippen molar-refractivity contribution in [2.75, 3.05) is 26.0 Å². The van der Waals surface area contributed by atoms with E-state index in [9.17, 15) is 18.0 Å². The van der Waals surface area contributed by atoms with E-state index in [4.69, 9.17) is 0 Å². The molecule has 2 atom stereocenters. The summed E-state index contributed by atoms with van der Waals surface area (Å²) in [6.45, 7) is 5.06. The molecule has 0 saturated heterocycles. The van der Waals surface area contributed by atoms with Crippen LogP contribution in [-0.2, 0) is 4.79 Å². The standard InChI is InChI=1S/C16H23F3N2O/c1-5-14(11(2)10-21(3)4)12-7-6-8-13(9-12)20-15(22)16(17,18)19/h6-9,11,14H,5,10H2,1-4H3,(H,20,22)/t11-,14?/m0/s1. The lowest BCUT2D eigenvalue weighted by atomic mass is 9.84. The first-order valence-corrected chi connectivity index (χ1v) is 7.28. The topological polar surface area (TPSA) is 32.3 Å². The van der Waals surface area contributed by atoms with Crippen molar-refractivity contribution in [3.05, 3.63) is 29.8 Å². The summed E-state index contributed by atoms with van der Waals surface area (Å²) in [5, 5.41) is 1.91. The van der Waals surface area contributed by atoms with E-state index in [1.807, 2.05) is 25.5 Å². The molecule has 3 nitrogen and oxygen atoms in total. The fourth-order valence-electron chi connectivity index (χ4n) is 2.72. The molecule has 0 aliphatic rings. The van der Waals surface area contributed by atoms with E-state index in [1.54, 1.807) is 12.1 Å². The predicted octanol–water partition coefficient (Wildman–Crippen LogP) is 3.88. The van der Waals surface area contributed by atoms with Gasteiger partial charge in [-0.3, -0.25) is 4.79 Å². The Morgan fingerprint density at radius 1 is 1.32 bits per heavy atom. The summed E-state index contributed by atoms with van der Waals surface area (Å²) in [7, 11) is 3.98. The molecule has 124 valence electrons. The molecule has 0 aromatic heterocycles. The highest BCUT2D eigenvalue weighted by molar-refractivity contribution is 5.94. The number of nitrogens with one attached hydrogen (secondary N) is 1. The van der Waals surface area contributed by atoms with E-state index < -0.39 is 12.1 Å². The zero-order valence-electron chi connectivity index (χ0n) is 13.4. The number of carbonyl (C=O) groups excluding carboxylic acids is 1. The molecule has 0 aliphatic carbocycles. The van der Waals surface area contributed by atoms with Gasteiger partial charge in [0.05, 0.1) is 0 Å². The van der Waals surface area contributed by atoms with Crippen LogP contribution in [-0.4, -0.2) is 37.6 Å². The van der Waals surface area contributed by atoms with Crippen LogP contribution in [0.1, 0.15) is 31.7 Å². The van der Waals surface area contributed by atoms with Crippen molar-refractivity contribution in [1.29, 1.82) is 0 Å². The van der Waals surface area contributed by atoms with Gasteiger partial charge in [0.1, 0.15) is 0 Å². The summed E-state index contributed by atoms with van der Waals surface area (Å²) in [6, 6.07) is 6.66. The first-order valence-electron chi connectivity index (χ1n) is 7.28. The quantitative estimate of drug-likeness (QED) is 0.864. The van der Waals surface area contributed by atoms with Crippen molar-refractivity contribution in [2.45, 2.75) is 32.4 Å². The second-order valence-electron chi connectivity index (χ2n) is 5.83. The van der Waals surface area contributed by atoms with Gasteiger partial charge in [-0.2, -0.15) is 13.2 Å². The van der Waals surface area contributed by atoms with Crippen molar-refractivity contribution in [1.82, 2.24) is 4.90 Å². The van der Waals surface area contributed by atoms with Crippen molar-refractivity contribution < 1.29 is 18.0 Å². The lowest BCUT2D eigenvalue weighted by molar-refractivity contribution is -0.167. The van der Waals surface area contributed by atoms with E-state index in [0.717, 1.165) is 18.5 Å². The fourth-order valence-corrected chi connectivity index (χ4v) is 2.72. The molecule has 0 spiro atoms. The van der Waals surface area contributed by atoms with Gasteiger partial charge in [0, 0.05) is 12.2 Å². The highest BCUT2D eigenvalue weighted by Crippen LogP contribution is 2.30. The number of anilines is 1. The maximum atomic E-state index is 12.3. The zero-order valence-corrected chi connectivity index (χ0v) is 13.4. The number of benzene rings is 1. The van der Waals surface area contributed by atoms with E-state index in [-0.39, 0.29) is 11.6 Å². The number of nitrogens with zero attached hydrogens (tertiary/aromatic N) is 1. The number of hydrogen-bond acceptors (Lipinski definition) is 2. The average molecular weight is 316 g/mol. The van der Waals surface area contributed by atoms with Crippen LogP contribution in [0.3, 0.4) is 0 Å². The van der Waals surface area contributed by atoms with Crippen LogP contribution in [0.2, 0.25) is 0 Å². The second kappa shape index (κ2) is 7.63. The maximum Gasteiger partial charge on any atom is 0.471 e. The Labute approximate surface area is 129 Å². The van der Waals surface area contributed by atoms with Gasteiger partial charge in [0.2, 0.25) is 0 Å². The Morgan fingerprint density at radius 3 is 2.45 bits per heavy atom. The van der Waals surface area contributed by atoms with Gasteiger partial charge in [-0.15, -0.1) is 0 Å². The zero-order chi connectivity index (χ0) is 16.9. The molecule has 22 heavy (non-hydrogen) atoms. The van der Waals surface area contributed by atoms with Gasteiger partial charge in [-0.25, -0.2) is 0 Å². The minimum atomic E-state index is -4.88. The van der Waals surface area contributed by atoms with Gasteiger partial charge in [-0.05, 0) is 50.0 Å². The van der Waals surface area contributed by atoms with E-state index in [0.29, 0.717) is 5.92 Å². The summed E-state index contributed by atoms with van der Waals surface area (Å²) in [6.07, 6.45) is -4.00. The van der Waals surface area contributed by atoms with Crippen LogP contribution in [0.25, 0.3) is 0 Å². The number of hydrogen-bond donors (Lipinski definition) is 1. The van der Waals surface area contributed by atoms with Crippen molar-refractivity contribution >= 4 is 11.6 Å². The van der Waals surface area contributed by atoms with Crippen LogP contribution >= 0.6 is 0 Å². The van der Waals surface area contributed by atoms with Crippen molar-refractivity contribution in [3.63, 3.8) is 0 Å². The lowest BCUT2D eigenvalue weighted by Crippen LogP contribution is -2.30. The number of halogens is 3. The van der Waals surface area contributed by atoms with Crippen LogP contribution < -0.4 is 5.32 Å². The molecule has 0 radical (unpaired) electrons. The van der Waals surface area contributed by atoms with Gasteiger partial charge >= 0.3 is 12.1 Å². The summed E-state index contributed by atoms with van der Waals surface area (Å²) >= 11 is 0. The SMILES string of the molecule is CCC(c1cccc(NC(=O)C(F)(F)F)c1)[C@@H](C)CN(C)C. The van der Waals surface area contributed by atoms with Crippen LogP contribution in [0.5, 0.6) is 0 Å². The Hall–Kier alpha value is -1.56. The fraction of sp³-hybridized carbons (Fsp3) is 0.562. The summed E-state index contributed by atoms with van der Waals surface area (Å²) < 4.78 is 36.9. The monoisotopic (exact) mass is 316 g/mol. The number of carbonyl (C=O) groups is 1. The molecule has 0 aliphatic heterocycles. The second-order valence-corrected chi connectivity index (χ2v) is 5.83. The number of alkyl halides is 3. The Balaban J connectivity index is 2.92. The predicted molar refractivity (Wildman–Crippen MR) is 81.9 cm³/mol. The number of rotatable bonds is 6.